The van der Waals surface area contributed by atoms with Gasteiger partial charge in [0.25, 0.3) is 6.43 Å². The maximum absolute atomic E-state index is 13.3. The van der Waals surface area contributed by atoms with Crippen LogP contribution in [0.25, 0.3) is 11.2 Å². The molecule has 2 aromatic rings. The molecule has 1 unspecified atom stereocenters. The van der Waals surface area contributed by atoms with Crippen molar-refractivity contribution in [3.8, 4) is 0 Å². The van der Waals surface area contributed by atoms with Gasteiger partial charge in [-0.05, 0) is 39.5 Å². The van der Waals surface area contributed by atoms with Gasteiger partial charge in [-0.15, -0.1) is 0 Å². The lowest BCUT2D eigenvalue weighted by Gasteiger charge is -2.39. The summed E-state index contributed by atoms with van der Waals surface area (Å²) in [5.74, 6) is -0.640. The fourth-order valence-electron chi connectivity index (χ4n) is 4.28. The number of carbonyl (C=O) groups is 1. The molecule has 0 radical (unpaired) electrons. The number of ether oxygens (including phenoxy) is 1. The molecule has 160 valence electrons. The number of rotatable bonds is 5. The molecule has 1 aliphatic heterocycles. The van der Waals surface area contributed by atoms with Crippen molar-refractivity contribution in [3.05, 3.63) is 12.2 Å². The number of morpholine rings is 1. The Morgan fingerprint density at radius 1 is 1.27 bits per heavy atom. The Bertz CT molecular complexity index is 1010. The smallest absolute Gasteiger partial charge is 0.295 e. The lowest BCUT2D eigenvalue weighted by atomic mass is 10.1. The molecule has 3 heterocycles. The van der Waals surface area contributed by atoms with Gasteiger partial charge in [0.2, 0.25) is 5.91 Å². The Hall–Kier alpha value is -2.49. The molecule has 3 fully saturated rings. The monoisotopic (exact) mass is 418 g/mol. The number of alkyl halides is 2. The average Bonchev–Trinajstić information content (AvgIpc) is 3.62. The van der Waals surface area contributed by atoms with Crippen molar-refractivity contribution in [1.29, 1.82) is 0 Å². The van der Waals surface area contributed by atoms with E-state index in [-0.39, 0.29) is 34.3 Å². The largest absolute Gasteiger partial charge is 0.365 e. The van der Waals surface area contributed by atoms with Crippen LogP contribution in [0.1, 0.15) is 51.8 Å². The van der Waals surface area contributed by atoms with Crippen molar-refractivity contribution in [2.45, 2.75) is 63.7 Å². The molecule has 2 aromatic heterocycles. The van der Waals surface area contributed by atoms with E-state index in [9.17, 15) is 13.6 Å². The number of carbonyl (C=O) groups excluding carboxylic acids is 1. The zero-order valence-electron chi connectivity index (χ0n) is 17.0. The van der Waals surface area contributed by atoms with Gasteiger partial charge < -0.3 is 14.2 Å². The third kappa shape index (κ3) is 3.27. The number of hydrogen-bond acceptors (Lipinski definition) is 6. The molecule has 1 amide bonds. The molecule has 2 saturated carbocycles. The topological polar surface area (TPSA) is 85.5 Å². The van der Waals surface area contributed by atoms with Crippen LogP contribution in [0.4, 0.5) is 14.6 Å². The molecular formula is C20H24F2N6O2. The Morgan fingerprint density at radius 2 is 1.93 bits per heavy atom. The van der Waals surface area contributed by atoms with E-state index in [1.165, 1.54) is 17.1 Å². The fourth-order valence-corrected chi connectivity index (χ4v) is 4.28. The van der Waals surface area contributed by atoms with Gasteiger partial charge in [-0.25, -0.2) is 28.7 Å². The van der Waals surface area contributed by atoms with Crippen LogP contribution in [0, 0.1) is 5.92 Å². The standard InChI is InChI=1S/C20H24F2N6O2/c1-3-28-16-13(26-17(28)14(21)22)15(24-11-25-16)23-8-12(2)18(29)27-9-19(4-5-19)30-20(10-27)6-7-20/h8,11-12,14H,3-7,9-10H2,1-2H3/b23-8-. The number of aliphatic imine (C=N–C) groups is 1. The second kappa shape index (κ2) is 6.76. The molecule has 1 saturated heterocycles. The first-order valence-electron chi connectivity index (χ1n) is 10.4. The van der Waals surface area contributed by atoms with Crippen molar-refractivity contribution in [2.75, 3.05) is 13.1 Å². The summed E-state index contributed by atoms with van der Waals surface area (Å²) in [7, 11) is 0. The van der Waals surface area contributed by atoms with E-state index in [2.05, 4.69) is 19.9 Å². The Kier molecular flexibility index (Phi) is 4.39. The van der Waals surface area contributed by atoms with Crippen LogP contribution < -0.4 is 0 Å². The van der Waals surface area contributed by atoms with Crippen LogP contribution in [0.3, 0.4) is 0 Å². The molecule has 0 N–H and O–H groups in total. The van der Waals surface area contributed by atoms with Gasteiger partial charge in [-0.1, -0.05) is 0 Å². The van der Waals surface area contributed by atoms with Crippen LogP contribution in [0.5, 0.6) is 0 Å². The Balaban J connectivity index is 1.37. The van der Waals surface area contributed by atoms with Gasteiger partial charge in [-0.2, -0.15) is 0 Å². The summed E-state index contributed by atoms with van der Waals surface area (Å²) in [4.78, 5) is 31.5. The number of aryl methyl sites for hydroxylation is 1. The molecule has 2 aliphatic carbocycles. The van der Waals surface area contributed by atoms with E-state index >= 15 is 0 Å². The number of fused-ring (bicyclic) bond motifs is 1. The van der Waals surface area contributed by atoms with Gasteiger partial charge in [0, 0.05) is 25.8 Å². The summed E-state index contributed by atoms with van der Waals surface area (Å²) < 4.78 is 34.2. The summed E-state index contributed by atoms with van der Waals surface area (Å²) in [6, 6.07) is 0. The average molecular weight is 418 g/mol. The van der Waals surface area contributed by atoms with Crippen molar-refractivity contribution >= 4 is 29.1 Å². The first-order chi connectivity index (χ1) is 14.4. The summed E-state index contributed by atoms with van der Waals surface area (Å²) in [6.07, 6.45) is 4.10. The minimum absolute atomic E-state index is 0.00254. The van der Waals surface area contributed by atoms with Crippen molar-refractivity contribution < 1.29 is 18.3 Å². The van der Waals surface area contributed by atoms with E-state index in [4.69, 9.17) is 4.74 Å². The Morgan fingerprint density at radius 3 is 2.50 bits per heavy atom. The van der Waals surface area contributed by atoms with E-state index < -0.39 is 12.3 Å². The highest BCUT2D eigenvalue weighted by Gasteiger charge is 2.60. The molecular weight excluding hydrogens is 394 g/mol. The molecule has 3 aliphatic rings. The summed E-state index contributed by atoms with van der Waals surface area (Å²) >= 11 is 0. The maximum atomic E-state index is 13.3. The zero-order chi connectivity index (χ0) is 21.1. The van der Waals surface area contributed by atoms with E-state index in [1.807, 2.05) is 4.90 Å². The molecule has 8 nitrogen and oxygen atoms in total. The maximum Gasteiger partial charge on any atom is 0.295 e. The second-order valence-corrected chi connectivity index (χ2v) is 8.61. The van der Waals surface area contributed by atoms with Crippen LogP contribution in [0.2, 0.25) is 0 Å². The number of imidazole rings is 1. The van der Waals surface area contributed by atoms with Crippen LogP contribution in [-0.2, 0) is 16.1 Å². The molecule has 10 heteroatoms. The van der Waals surface area contributed by atoms with E-state index in [0.29, 0.717) is 25.3 Å². The second-order valence-electron chi connectivity index (χ2n) is 8.61. The van der Waals surface area contributed by atoms with Gasteiger partial charge in [0.1, 0.15) is 6.33 Å². The molecule has 2 spiro atoms. The minimum atomic E-state index is -2.72. The highest BCUT2D eigenvalue weighted by atomic mass is 19.3. The molecule has 30 heavy (non-hydrogen) atoms. The highest BCUT2D eigenvalue weighted by Crippen LogP contribution is 2.54. The SMILES string of the molecule is CCn1c(C(F)F)nc2c(/N=C\C(C)C(=O)N3CC4(CC4)OC4(CC4)C3)ncnc21. The number of hydrogen-bond donors (Lipinski definition) is 0. The quantitative estimate of drug-likeness (QED) is 0.697. The molecule has 0 aromatic carbocycles. The third-order valence-corrected chi connectivity index (χ3v) is 6.18. The Labute approximate surface area is 172 Å². The lowest BCUT2D eigenvalue weighted by Crippen LogP contribution is -2.53. The summed E-state index contributed by atoms with van der Waals surface area (Å²) in [6.45, 7) is 5.10. The van der Waals surface area contributed by atoms with Gasteiger partial charge in [0.15, 0.2) is 22.8 Å². The number of nitrogens with zero attached hydrogens (tertiary/aromatic N) is 6. The predicted octanol–water partition coefficient (Wildman–Crippen LogP) is 3.05. The predicted molar refractivity (Wildman–Crippen MR) is 105 cm³/mol. The van der Waals surface area contributed by atoms with Gasteiger partial charge >= 0.3 is 0 Å². The van der Waals surface area contributed by atoms with E-state index in [1.54, 1.807) is 13.8 Å². The minimum Gasteiger partial charge on any atom is -0.365 e. The molecule has 5 rings (SSSR count). The first-order valence-corrected chi connectivity index (χ1v) is 10.4. The first kappa shape index (κ1) is 19.5. The zero-order valence-corrected chi connectivity index (χ0v) is 17.0. The van der Waals surface area contributed by atoms with Crippen LogP contribution >= 0.6 is 0 Å². The van der Waals surface area contributed by atoms with Crippen molar-refractivity contribution in [1.82, 2.24) is 24.4 Å². The fraction of sp³-hybridized carbons (Fsp3) is 0.650. The van der Waals surface area contributed by atoms with Gasteiger partial charge in [0.05, 0.1) is 17.1 Å². The molecule has 1 atom stereocenters. The normalized spacial score (nSPS) is 22.5. The lowest BCUT2D eigenvalue weighted by molar-refractivity contribution is -0.155. The van der Waals surface area contributed by atoms with E-state index in [0.717, 1.165) is 25.7 Å². The van der Waals surface area contributed by atoms with Crippen LogP contribution in [0.15, 0.2) is 11.3 Å². The van der Waals surface area contributed by atoms with Crippen molar-refractivity contribution in [2.24, 2.45) is 10.9 Å². The molecule has 0 bridgehead atoms. The summed E-state index contributed by atoms with van der Waals surface area (Å²) in [5, 5.41) is 0. The summed E-state index contributed by atoms with van der Waals surface area (Å²) in [5.41, 5.74) is 0.247. The number of aromatic nitrogens is 4. The third-order valence-electron chi connectivity index (χ3n) is 6.18. The number of amides is 1. The van der Waals surface area contributed by atoms with Crippen molar-refractivity contribution in [3.63, 3.8) is 0 Å². The highest BCUT2D eigenvalue weighted by molar-refractivity contribution is 5.95. The number of halogens is 2. The van der Waals surface area contributed by atoms with Crippen LogP contribution in [-0.4, -0.2) is 60.8 Å². The van der Waals surface area contributed by atoms with Gasteiger partial charge in [-0.3, -0.25) is 4.79 Å².